The zero-order chi connectivity index (χ0) is 14.1. The van der Waals surface area contributed by atoms with Gasteiger partial charge in [0.25, 0.3) is 0 Å². The van der Waals surface area contributed by atoms with Crippen LogP contribution in [0.5, 0.6) is 0 Å². The number of nitrogens with one attached hydrogen (secondary N) is 1. The molecule has 0 fully saturated rings. The molecule has 3 N–H and O–H groups in total. The Kier molecular flexibility index (Phi) is 6.38. The molecule has 0 saturated carbocycles. The molecule has 1 aromatic carbocycles. The van der Waals surface area contributed by atoms with Gasteiger partial charge < -0.3 is 20.5 Å². The molecule has 0 aromatic heterocycles. The number of benzene rings is 1. The minimum atomic E-state index is -0.885. The van der Waals surface area contributed by atoms with Gasteiger partial charge in [0.15, 0.2) is 0 Å². The van der Waals surface area contributed by atoms with E-state index in [4.69, 9.17) is 15.2 Å². The number of ether oxygens (including phenoxy) is 2. The van der Waals surface area contributed by atoms with Crippen LogP contribution in [0.2, 0.25) is 0 Å². The van der Waals surface area contributed by atoms with E-state index in [2.05, 4.69) is 5.32 Å². The SMILES string of the molecule is CCOC(=O)C(N)CNC(=O)OCc1ccccc1. The number of hydrogen-bond donors (Lipinski definition) is 2. The maximum atomic E-state index is 11.4. The van der Waals surface area contributed by atoms with Crippen LogP contribution in [0, 0.1) is 0 Å². The van der Waals surface area contributed by atoms with Crippen molar-refractivity contribution < 1.29 is 19.1 Å². The van der Waals surface area contributed by atoms with Gasteiger partial charge in [0, 0.05) is 6.54 Å². The standard InChI is InChI=1S/C13H18N2O4/c1-2-18-12(16)11(14)8-15-13(17)19-9-10-6-4-3-5-7-10/h3-7,11H,2,8-9,14H2,1H3,(H,15,17). The van der Waals surface area contributed by atoms with Crippen molar-refractivity contribution in [2.24, 2.45) is 5.73 Å². The summed E-state index contributed by atoms with van der Waals surface area (Å²) in [5.74, 6) is -0.550. The second-order valence-electron chi connectivity index (χ2n) is 3.80. The summed E-state index contributed by atoms with van der Waals surface area (Å²) < 4.78 is 9.67. The lowest BCUT2D eigenvalue weighted by Crippen LogP contribution is -2.43. The van der Waals surface area contributed by atoms with Gasteiger partial charge in [-0.15, -0.1) is 0 Å². The third kappa shape index (κ3) is 5.87. The van der Waals surface area contributed by atoms with E-state index in [0.717, 1.165) is 5.56 Å². The lowest BCUT2D eigenvalue weighted by atomic mass is 10.2. The van der Waals surface area contributed by atoms with E-state index < -0.39 is 18.1 Å². The van der Waals surface area contributed by atoms with Gasteiger partial charge in [-0.2, -0.15) is 0 Å². The fourth-order valence-electron chi connectivity index (χ4n) is 1.30. The van der Waals surface area contributed by atoms with E-state index in [1.807, 2.05) is 30.3 Å². The number of carbonyl (C=O) groups excluding carboxylic acids is 2. The lowest BCUT2D eigenvalue weighted by molar-refractivity contribution is -0.144. The molecule has 0 spiro atoms. The van der Waals surface area contributed by atoms with Crippen LogP contribution >= 0.6 is 0 Å². The van der Waals surface area contributed by atoms with Gasteiger partial charge in [0.05, 0.1) is 6.61 Å². The molecule has 6 heteroatoms. The monoisotopic (exact) mass is 266 g/mol. The Morgan fingerprint density at radius 2 is 1.95 bits per heavy atom. The van der Waals surface area contributed by atoms with Crippen molar-refractivity contribution in [1.29, 1.82) is 0 Å². The Balaban J connectivity index is 2.23. The van der Waals surface area contributed by atoms with E-state index in [1.165, 1.54) is 0 Å². The van der Waals surface area contributed by atoms with Crippen LogP contribution < -0.4 is 11.1 Å². The van der Waals surface area contributed by atoms with Gasteiger partial charge in [0.2, 0.25) is 0 Å². The van der Waals surface area contributed by atoms with Crippen molar-refractivity contribution in [3.05, 3.63) is 35.9 Å². The average Bonchev–Trinajstić information content (AvgIpc) is 2.43. The second kappa shape index (κ2) is 8.10. The summed E-state index contributed by atoms with van der Waals surface area (Å²) in [6.07, 6.45) is -0.622. The molecule has 0 aliphatic heterocycles. The summed E-state index contributed by atoms with van der Waals surface area (Å²) in [5, 5.41) is 2.40. The van der Waals surface area contributed by atoms with Crippen LogP contribution in [-0.2, 0) is 20.9 Å². The lowest BCUT2D eigenvalue weighted by Gasteiger charge is -2.11. The number of hydrogen-bond acceptors (Lipinski definition) is 5. The van der Waals surface area contributed by atoms with E-state index in [0.29, 0.717) is 0 Å². The Labute approximate surface area is 111 Å². The Bertz CT molecular complexity index is 408. The highest BCUT2D eigenvalue weighted by atomic mass is 16.5. The second-order valence-corrected chi connectivity index (χ2v) is 3.80. The molecule has 1 amide bonds. The third-order valence-corrected chi connectivity index (χ3v) is 2.27. The minimum absolute atomic E-state index is 0.0214. The summed E-state index contributed by atoms with van der Waals surface area (Å²) in [7, 11) is 0. The first-order valence-electron chi connectivity index (χ1n) is 6.00. The van der Waals surface area contributed by atoms with Gasteiger partial charge in [-0.1, -0.05) is 30.3 Å². The molecule has 6 nitrogen and oxygen atoms in total. The first-order valence-corrected chi connectivity index (χ1v) is 6.00. The van der Waals surface area contributed by atoms with Crippen molar-refractivity contribution in [2.75, 3.05) is 13.2 Å². The number of carbonyl (C=O) groups is 2. The quantitative estimate of drug-likeness (QED) is 0.743. The highest BCUT2D eigenvalue weighted by Gasteiger charge is 2.15. The molecule has 1 unspecified atom stereocenters. The fraction of sp³-hybridized carbons (Fsp3) is 0.385. The molecule has 0 radical (unpaired) electrons. The highest BCUT2D eigenvalue weighted by molar-refractivity contribution is 5.77. The van der Waals surface area contributed by atoms with Crippen molar-refractivity contribution in [1.82, 2.24) is 5.32 Å². The van der Waals surface area contributed by atoms with Crippen molar-refractivity contribution in [3.63, 3.8) is 0 Å². The molecule has 0 aliphatic rings. The summed E-state index contributed by atoms with van der Waals surface area (Å²) in [4.78, 5) is 22.6. The molecule has 0 aliphatic carbocycles. The number of nitrogens with two attached hydrogens (primary N) is 1. The molecule has 1 atom stereocenters. The van der Waals surface area contributed by atoms with Gasteiger partial charge in [-0.25, -0.2) is 4.79 Å². The first-order chi connectivity index (χ1) is 9.13. The van der Waals surface area contributed by atoms with Crippen molar-refractivity contribution >= 4 is 12.1 Å². The maximum absolute atomic E-state index is 11.4. The summed E-state index contributed by atoms with van der Waals surface area (Å²) >= 11 is 0. The molecule has 1 aromatic rings. The smallest absolute Gasteiger partial charge is 0.407 e. The molecule has 104 valence electrons. The molecule has 0 heterocycles. The molecule has 0 bridgehead atoms. The third-order valence-electron chi connectivity index (χ3n) is 2.27. The largest absolute Gasteiger partial charge is 0.465 e. The zero-order valence-corrected chi connectivity index (χ0v) is 10.8. The normalized spacial score (nSPS) is 11.5. The fourth-order valence-corrected chi connectivity index (χ4v) is 1.30. The number of rotatable bonds is 6. The Morgan fingerprint density at radius 3 is 2.58 bits per heavy atom. The van der Waals surface area contributed by atoms with E-state index >= 15 is 0 Å². The van der Waals surface area contributed by atoms with E-state index in [9.17, 15) is 9.59 Å². The number of amides is 1. The predicted octanol–water partition coefficient (Wildman–Crippen LogP) is 0.803. The van der Waals surface area contributed by atoms with Crippen molar-refractivity contribution in [2.45, 2.75) is 19.6 Å². The summed E-state index contributed by atoms with van der Waals surface area (Å²) in [6.45, 7) is 2.09. The Morgan fingerprint density at radius 1 is 1.26 bits per heavy atom. The van der Waals surface area contributed by atoms with E-state index in [-0.39, 0.29) is 19.8 Å². The average molecular weight is 266 g/mol. The molecular formula is C13H18N2O4. The maximum Gasteiger partial charge on any atom is 0.407 e. The highest BCUT2D eigenvalue weighted by Crippen LogP contribution is 2.00. The summed E-state index contributed by atoms with van der Waals surface area (Å²) in [6, 6.07) is 8.39. The van der Waals surface area contributed by atoms with Crippen LogP contribution in [0.15, 0.2) is 30.3 Å². The van der Waals surface area contributed by atoms with Gasteiger partial charge in [0.1, 0.15) is 12.6 Å². The van der Waals surface area contributed by atoms with Gasteiger partial charge >= 0.3 is 12.1 Å². The molecular weight excluding hydrogens is 248 g/mol. The minimum Gasteiger partial charge on any atom is -0.465 e. The predicted molar refractivity (Wildman–Crippen MR) is 69.2 cm³/mol. The number of esters is 1. The van der Waals surface area contributed by atoms with Crippen LogP contribution in [0.4, 0.5) is 4.79 Å². The van der Waals surface area contributed by atoms with Gasteiger partial charge in [-0.3, -0.25) is 4.79 Å². The van der Waals surface area contributed by atoms with Crippen LogP contribution in [0.1, 0.15) is 12.5 Å². The topological polar surface area (TPSA) is 90.6 Å². The molecule has 1 rings (SSSR count). The van der Waals surface area contributed by atoms with Crippen LogP contribution in [0.25, 0.3) is 0 Å². The zero-order valence-electron chi connectivity index (χ0n) is 10.8. The molecule has 0 saturated heterocycles. The molecule has 19 heavy (non-hydrogen) atoms. The van der Waals surface area contributed by atoms with Crippen LogP contribution in [-0.4, -0.2) is 31.3 Å². The van der Waals surface area contributed by atoms with E-state index in [1.54, 1.807) is 6.92 Å². The van der Waals surface area contributed by atoms with Gasteiger partial charge in [-0.05, 0) is 12.5 Å². The summed E-state index contributed by atoms with van der Waals surface area (Å²) in [5.41, 5.74) is 6.40. The number of alkyl carbamates (subject to hydrolysis) is 1. The Hall–Kier alpha value is -2.08. The first kappa shape index (κ1) is 15.0. The van der Waals surface area contributed by atoms with Crippen molar-refractivity contribution in [3.8, 4) is 0 Å². The van der Waals surface area contributed by atoms with Crippen LogP contribution in [0.3, 0.4) is 0 Å².